The van der Waals surface area contributed by atoms with Crippen LogP contribution in [0.1, 0.15) is 23.7 Å². The third-order valence-corrected chi connectivity index (χ3v) is 7.17. The van der Waals surface area contributed by atoms with Crippen molar-refractivity contribution in [3.63, 3.8) is 0 Å². The summed E-state index contributed by atoms with van der Waals surface area (Å²) in [6.07, 6.45) is 1.59. The van der Waals surface area contributed by atoms with Crippen molar-refractivity contribution in [3.8, 4) is 0 Å². The number of nitro benzene ring substituents is 1. The molecule has 1 N–H and O–H groups in total. The molecule has 10 heteroatoms. The van der Waals surface area contributed by atoms with E-state index >= 15 is 0 Å². The van der Waals surface area contributed by atoms with Crippen LogP contribution in [0, 0.1) is 17.0 Å². The average Bonchev–Trinajstić information content (AvgIpc) is 3.00. The molecule has 0 spiro atoms. The van der Waals surface area contributed by atoms with Crippen molar-refractivity contribution in [3.05, 3.63) is 75.6 Å². The molecule has 4 rings (SSSR count). The fourth-order valence-electron chi connectivity index (χ4n) is 3.82. The van der Waals surface area contributed by atoms with E-state index in [1.807, 2.05) is 24.3 Å². The molecule has 1 aliphatic rings. The molecule has 0 unspecified atom stereocenters. The van der Waals surface area contributed by atoms with Gasteiger partial charge in [0.15, 0.2) is 0 Å². The number of hydrogen-bond donors (Lipinski definition) is 1. The lowest BCUT2D eigenvalue weighted by Crippen LogP contribution is -2.28. The van der Waals surface area contributed by atoms with Crippen LogP contribution >= 0.6 is 0 Å². The van der Waals surface area contributed by atoms with Gasteiger partial charge in [-0.15, -0.1) is 0 Å². The summed E-state index contributed by atoms with van der Waals surface area (Å²) in [7, 11) is -4.16. The number of carbonyl (C=O) groups excluding carboxylic acids is 1. The van der Waals surface area contributed by atoms with E-state index < -0.39 is 20.9 Å². The average molecular weight is 455 g/mol. The molecule has 1 aliphatic heterocycles. The van der Waals surface area contributed by atoms with Crippen molar-refractivity contribution < 1.29 is 22.9 Å². The smallest absolute Gasteiger partial charge is 0.341 e. The van der Waals surface area contributed by atoms with Gasteiger partial charge >= 0.3 is 5.97 Å². The Balaban J connectivity index is 1.85. The number of H-pyrrole nitrogens is 1. The minimum Gasteiger partial charge on any atom is -0.462 e. The Morgan fingerprint density at radius 2 is 2.00 bits per heavy atom. The molecule has 0 fully saturated rings. The second kappa shape index (κ2) is 8.12. The first-order valence-corrected chi connectivity index (χ1v) is 11.4. The largest absolute Gasteiger partial charge is 0.462 e. The highest BCUT2D eigenvalue weighted by molar-refractivity contribution is 7.89. The number of ether oxygens (including phenoxy) is 1. The van der Waals surface area contributed by atoms with Crippen LogP contribution in [-0.2, 0) is 26.0 Å². The SMILES string of the molecule is CCOC(=O)C1=CN(S(=O)(=O)c2ccc(C)c([N+](=O)[O-])c2)CCc2c1[nH]c1ccccc21. The molecule has 32 heavy (non-hydrogen) atoms. The van der Waals surface area contributed by atoms with Crippen molar-refractivity contribution in [2.24, 2.45) is 0 Å². The summed E-state index contributed by atoms with van der Waals surface area (Å²) in [5, 5.41) is 12.2. The number of para-hydroxylation sites is 1. The molecule has 0 bridgehead atoms. The van der Waals surface area contributed by atoms with E-state index in [1.165, 1.54) is 25.3 Å². The molecule has 2 heterocycles. The van der Waals surface area contributed by atoms with Gasteiger partial charge in [-0.3, -0.25) is 14.4 Å². The number of fused-ring (bicyclic) bond motifs is 3. The van der Waals surface area contributed by atoms with E-state index in [1.54, 1.807) is 6.92 Å². The van der Waals surface area contributed by atoms with Crippen molar-refractivity contribution in [1.82, 2.24) is 9.29 Å². The maximum Gasteiger partial charge on any atom is 0.341 e. The number of hydrogen-bond acceptors (Lipinski definition) is 6. The Hall–Kier alpha value is -3.66. The van der Waals surface area contributed by atoms with Gasteiger partial charge in [0.2, 0.25) is 0 Å². The number of aromatic nitrogens is 1. The fraction of sp³-hybridized carbons (Fsp3) is 0.227. The van der Waals surface area contributed by atoms with Crippen LogP contribution in [0.4, 0.5) is 5.69 Å². The van der Waals surface area contributed by atoms with Gasteiger partial charge in [0.05, 0.1) is 22.1 Å². The third kappa shape index (κ3) is 3.62. The number of nitro groups is 1. The minimum atomic E-state index is -4.16. The lowest BCUT2D eigenvalue weighted by atomic mass is 10.0. The first kappa shape index (κ1) is 21.6. The summed E-state index contributed by atoms with van der Waals surface area (Å²) in [5.41, 5.74) is 2.31. The molecular weight excluding hydrogens is 434 g/mol. The van der Waals surface area contributed by atoms with Crippen LogP contribution in [0.2, 0.25) is 0 Å². The Kier molecular flexibility index (Phi) is 5.47. The normalized spacial score (nSPS) is 13.9. The maximum absolute atomic E-state index is 13.4. The summed E-state index contributed by atoms with van der Waals surface area (Å²) in [5.74, 6) is -0.655. The van der Waals surface area contributed by atoms with Gasteiger partial charge in [-0.1, -0.05) is 24.3 Å². The summed E-state index contributed by atoms with van der Waals surface area (Å²) >= 11 is 0. The number of esters is 1. The van der Waals surface area contributed by atoms with Gasteiger partial charge in [0.1, 0.15) is 5.57 Å². The summed E-state index contributed by atoms with van der Waals surface area (Å²) in [6.45, 7) is 3.39. The molecule has 0 aliphatic carbocycles. The predicted molar refractivity (Wildman–Crippen MR) is 118 cm³/mol. The van der Waals surface area contributed by atoms with E-state index in [2.05, 4.69) is 4.98 Å². The lowest BCUT2D eigenvalue weighted by Gasteiger charge is -2.20. The summed E-state index contributed by atoms with van der Waals surface area (Å²) in [6, 6.07) is 11.3. The molecule has 2 aromatic carbocycles. The quantitative estimate of drug-likeness (QED) is 0.357. The molecule has 166 valence electrons. The van der Waals surface area contributed by atoms with Crippen molar-refractivity contribution in [2.45, 2.75) is 25.2 Å². The van der Waals surface area contributed by atoms with Crippen LogP contribution in [0.15, 0.2) is 53.6 Å². The standard InChI is InChI=1S/C22H21N3O6S/c1-3-31-22(26)18-13-24(11-10-17-16-6-4-5-7-19(16)23-21(17)18)32(29,30)15-9-8-14(2)20(12-15)25(27)28/h4-9,12-13,23H,3,10-11H2,1-2H3. The van der Waals surface area contributed by atoms with Gasteiger partial charge in [-0.2, -0.15) is 0 Å². The fourth-order valence-corrected chi connectivity index (χ4v) is 5.17. The van der Waals surface area contributed by atoms with E-state index in [9.17, 15) is 23.3 Å². The predicted octanol–water partition coefficient (Wildman–Crippen LogP) is 3.54. The zero-order valence-corrected chi connectivity index (χ0v) is 18.3. The van der Waals surface area contributed by atoms with Crippen molar-refractivity contribution in [2.75, 3.05) is 13.2 Å². The van der Waals surface area contributed by atoms with Gasteiger partial charge in [-0.05, 0) is 38.0 Å². The highest BCUT2D eigenvalue weighted by atomic mass is 32.2. The molecule has 1 aromatic heterocycles. The lowest BCUT2D eigenvalue weighted by molar-refractivity contribution is -0.385. The Labute approximate surface area is 184 Å². The Morgan fingerprint density at radius 3 is 2.72 bits per heavy atom. The number of aryl methyl sites for hydroxylation is 1. The first-order valence-electron chi connectivity index (χ1n) is 9.99. The topological polar surface area (TPSA) is 123 Å². The number of sulfonamides is 1. The number of nitrogens with zero attached hydrogens (tertiary/aromatic N) is 2. The van der Waals surface area contributed by atoms with Gasteiger partial charge < -0.3 is 9.72 Å². The Bertz CT molecular complexity index is 1370. The molecular formula is C22H21N3O6S. The first-order chi connectivity index (χ1) is 15.2. The van der Waals surface area contributed by atoms with Crippen LogP contribution in [-0.4, -0.2) is 41.8 Å². The molecule has 3 aromatic rings. The maximum atomic E-state index is 13.4. The summed E-state index contributed by atoms with van der Waals surface area (Å²) < 4.78 is 33.0. The van der Waals surface area contributed by atoms with E-state index in [4.69, 9.17) is 4.74 Å². The molecule has 9 nitrogen and oxygen atoms in total. The monoisotopic (exact) mass is 455 g/mol. The minimum absolute atomic E-state index is 0.0573. The van der Waals surface area contributed by atoms with Crippen molar-refractivity contribution >= 4 is 38.2 Å². The molecule has 0 radical (unpaired) electrons. The highest BCUT2D eigenvalue weighted by Crippen LogP contribution is 2.33. The zero-order chi connectivity index (χ0) is 23.0. The molecule has 0 saturated carbocycles. The van der Waals surface area contributed by atoms with E-state index in [-0.39, 0.29) is 29.3 Å². The molecule has 0 atom stereocenters. The molecule has 0 amide bonds. The molecule has 0 saturated heterocycles. The number of rotatable bonds is 5. The van der Waals surface area contributed by atoms with Gasteiger partial charge in [-0.25, -0.2) is 13.2 Å². The third-order valence-electron chi connectivity index (χ3n) is 5.42. The second-order valence-electron chi connectivity index (χ2n) is 7.36. The number of nitrogens with one attached hydrogen (secondary N) is 1. The number of carbonyl (C=O) groups is 1. The van der Waals surface area contributed by atoms with Crippen LogP contribution in [0.3, 0.4) is 0 Å². The van der Waals surface area contributed by atoms with E-state index in [0.29, 0.717) is 17.7 Å². The van der Waals surface area contributed by atoms with Crippen LogP contribution < -0.4 is 0 Å². The van der Waals surface area contributed by atoms with Gasteiger partial charge in [0.25, 0.3) is 15.7 Å². The number of benzene rings is 2. The summed E-state index contributed by atoms with van der Waals surface area (Å²) in [4.78, 5) is 26.4. The number of aromatic amines is 1. The van der Waals surface area contributed by atoms with Crippen molar-refractivity contribution in [1.29, 1.82) is 0 Å². The second-order valence-corrected chi connectivity index (χ2v) is 9.25. The zero-order valence-electron chi connectivity index (χ0n) is 17.5. The Morgan fingerprint density at radius 1 is 1.25 bits per heavy atom. The highest BCUT2D eigenvalue weighted by Gasteiger charge is 2.31. The van der Waals surface area contributed by atoms with Gasteiger partial charge in [0, 0.05) is 35.3 Å². The van der Waals surface area contributed by atoms with E-state index in [0.717, 1.165) is 26.8 Å². The van der Waals surface area contributed by atoms with Crippen LogP contribution in [0.25, 0.3) is 16.5 Å². The van der Waals surface area contributed by atoms with Crippen LogP contribution in [0.5, 0.6) is 0 Å².